The predicted molar refractivity (Wildman–Crippen MR) is 110 cm³/mol. The maximum Gasteiger partial charge on any atom is 0.328 e. The minimum atomic E-state index is -3.34. The molecule has 0 amide bonds. The summed E-state index contributed by atoms with van der Waals surface area (Å²) < 4.78 is 16.8. The van der Waals surface area contributed by atoms with Crippen molar-refractivity contribution < 1.29 is 14.0 Å². The Kier molecular flexibility index (Phi) is 17.7. The van der Waals surface area contributed by atoms with Gasteiger partial charge in [0.1, 0.15) is 0 Å². The molecule has 0 aromatic heterocycles. The van der Waals surface area contributed by atoms with Gasteiger partial charge >= 0.3 is 7.60 Å². The summed E-state index contributed by atoms with van der Waals surface area (Å²) in [5.41, 5.74) is 0. The van der Waals surface area contributed by atoms with Gasteiger partial charge in [-0.05, 0) is 20.3 Å². The van der Waals surface area contributed by atoms with Gasteiger partial charge in [-0.15, -0.1) is 0 Å². The molecular formula is C21H45O3P. The molecule has 0 saturated carbocycles. The molecule has 0 spiro atoms. The summed E-state index contributed by atoms with van der Waals surface area (Å²) in [4.78, 5) is 9.63. The van der Waals surface area contributed by atoms with Gasteiger partial charge in [0.25, 0.3) is 0 Å². The smallest absolute Gasteiger partial charge is 0.324 e. The average Bonchev–Trinajstić information content (AvgIpc) is 2.53. The van der Waals surface area contributed by atoms with E-state index in [0.717, 1.165) is 12.8 Å². The SMILES string of the molecule is CCCCCCCCCCCCCCCCCCP(=O)(O)OC(C)C. The van der Waals surface area contributed by atoms with Crippen LogP contribution >= 0.6 is 7.60 Å². The first-order chi connectivity index (χ1) is 12.0. The van der Waals surface area contributed by atoms with Gasteiger partial charge in [0.05, 0.1) is 6.10 Å². The van der Waals surface area contributed by atoms with E-state index in [2.05, 4.69) is 6.92 Å². The molecule has 0 aromatic rings. The lowest BCUT2D eigenvalue weighted by molar-refractivity contribution is 0.204. The Balaban J connectivity index is 3.18. The highest BCUT2D eigenvalue weighted by Gasteiger charge is 2.19. The molecule has 0 fully saturated rings. The summed E-state index contributed by atoms with van der Waals surface area (Å²) in [5.74, 6) is 0. The third kappa shape index (κ3) is 20.3. The second kappa shape index (κ2) is 17.6. The molecule has 0 aliphatic carbocycles. The Hall–Kier alpha value is 0.150. The molecule has 0 aliphatic rings. The Morgan fingerprint density at radius 3 is 1.32 bits per heavy atom. The van der Waals surface area contributed by atoms with Crippen LogP contribution in [0.15, 0.2) is 0 Å². The highest BCUT2D eigenvalue weighted by Crippen LogP contribution is 2.44. The van der Waals surface area contributed by atoms with Gasteiger partial charge < -0.3 is 9.42 Å². The monoisotopic (exact) mass is 376 g/mol. The highest BCUT2D eigenvalue weighted by molar-refractivity contribution is 7.52. The standard InChI is InChI=1S/C21H45O3P/c1-4-5-6-7-8-9-10-11-12-13-14-15-16-17-18-19-20-25(22,23)24-21(2)3/h21H,4-20H2,1-3H3,(H,22,23). The molecule has 152 valence electrons. The second-order valence-electron chi connectivity index (χ2n) is 7.82. The van der Waals surface area contributed by atoms with Gasteiger partial charge in [-0.25, -0.2) is 0 Å². The van der Waals surface area contributed by atoms with Gasteiger partial charge in [-0.3, -0.25) is 4.57 Å². The lowest BCUT2D eigenvalue weighted by Crippen LogP contribution is -2.02. The van der Waals surface area contributed by atoms with Crippen LogP contribution in [0.2, 0.25) is 0 Å². The van der Waals surface area contributed by atoms with E-state index >= 15 is 0 Å². The zero-order valence-electron chi connectivity index (χ0n) is 17.3. The van der Waals surface area contributed by atoms with Crippen molar-refractivity contribution in [3.05, 3.63) is 0 Å². The van der Waals surface area contributed by atoms with Crippen LogP contribution in [-0.4, -0.2) is 17.2 Å². The highest BCUT2D eigenvalue weighted by atomic mass is 31.2. The first-order valence-electron chi connectivity index (χ1n) is 11.0. The third-order valence-electron chi connectivity index (χ3n) is 4.67. The Morgan fingerprint density at radius 2 is 1.00 bits per heavy atom. The van der Waals surface area contributed by atoms with Crippen molar-refractivity contribution in [2.24, 2.45) is 0 Å². The summed E-state index contributed by atoms with van der Waals surface area (Å²) >= 11 is 0. The molecule has 25 heavy (non-hydrogen) atoms. The average molecular weight is 377 g/mol. The third-order valence-corrected chi connectivity index (χ3v) is 6.30. The Morgan fingerprint density at radius 1 is 0.680 bits per heavy atom. The fourth-order valence-corrected chi connectivity index (χ4v) is 4.63. The van der Waals surface area contributed by atoms with Gasteiger partial charge in [0, 0.05) is 6.16 Å². The van der Waals surface area contributed by atoms with Crippen molar-refractivity contribution in [2.45, 2.75) is 130 Å². The van der Waals surface area contributed by atoms with E-state index in [1.807, 2.05) is 0 Å². The van der Waals surface area contributed by atoms with E-state index in [-0.39, 0.29) is 6.10 Å². The predicted octanol–water partition coefficient (Wildman–Crippen LogP) is 7.86. The number of rotatable bonds is 19. The van der Waals surface area contributed by atoms with E-state index in [1.165, 1.54) is 89.9 Å². The second-order valence-corrected chi connectivity index (χ2v) is 9.75. The molecule has 0 bridgehead atoms. The molecule has 1 unspecified atom stereocenters. The van der Waals surface area contributed by atoms with E-state index in [1.54, 1.807) is 13.8 Å². The molecule has 1 atom stereocenters. The van der Waals surface area contributed by atoms with Crippen molar-refractivity contribution in [3.8, 4) is 0 Å². The van der Waals surface area contributed by atoms with Crippen LogP contribution in [0.4, 0.5) is 0 Å². The lowest BCUT2D eigenvalue weighted by atomic mass is 10.0. The number of hydrogen-bond donors (Lipinski definition) is 1. The minimum Gasteiger partial charge on any atom is -0.324 e. The Labute approximate surface area is 157 Å². The van der Waals surface area contributed by atoms with Crippen LogP contribution in [-0.2, 0) is 9.09 Å². The zero-order valence-corrected chi connectivity index (χ0v) is 18.2. The zero-order chi connectivity index (χ0) is 18.8. The van der Waals surface area contributed by atoms with Crippen molar-refractivity contribution in [3.63, 3.8) is 0 Å². The summed E-state index contributed by atoms with van der Waals surface area (Å²) in [6.07, 6.45) is 21.2. The quantitative estimate of drug-likeness (QED) is 0.184. The summed E-state index contributed by atoms with van der Waals surface area (Å²) in [5, 5.41) is 0. The molecule has 0 rings (SSSR count). The molecule has 4 heteroatoms. The summed E-state index contributed by atoms with van der Waals surface area (Å²) in [6.45, 7) is 5.88. The fourth-order valence-electron chi connectivity index (χ4n) is 3.24. The summed E-state index contributed by atoms with van der Waals surface area (Å²) in [6, 6.07) is 0. The van der Waals surface area contributed by atoms with Crippen LogP contribution in [0.25, 0.3) is 0 Å². The largest absolute Gasteiger partial charge is 0.328 e. The van der Waals surface area contributed by atoms with Crippen molar-refractivity contribution >= 4 is 7.60 Å². The van der Waals surface area contributed by atoms with Crippen LogP contribution in [0.5, 0.6) is 0 Å². The molecule has 0 heterocycles. The molecule has 0 saturated heterocycles. The van der Waals surface area contributed by atoms with Crippen molar-refractivity contribution in [1.29, 1.82) is 0 Å². The molecular weight excluding hydrogens is 331 g/mol. The first kappa shape index (κ1) is 25.1. The van der Waals surface area contributed by atoms with E-state index in [0.29, 0.717) is 6.16 Å². The first-order valence-corrected chi connectivity index (χ1v) is 12.7. The minimum absolute atomic E-state index is 0.170. The van der Waals surface area contributed by atoms with Gasteiger partial charge in [0.2, 0.25) is 0 Å². The van der Waals surface area contributed by atoms with E-state index < -0.39 is 7.60 Å². The fraction of sp³-hybridized carbons (Fsp3) is 1.00. The maximum atomic E-state index is 11.7. The van der Waals surface area contributed by atoms with Crippen LogP contribution < -0.4 is 0 Å². The molecule has 0 aliphatic heterocycles. The lowest BCUT2D eigenvalue weighted by Gasteiger charge is -2.14. The molecule has 0 radical (unpaired) electrons. The van der Waals surface area contributed by atoms with Crippen molar-refractivity contribution in [2.75, 3.05) is 6.16 Å². The summed E-state index contributed by atoms with van der Waals surface area (Å²) in [7, 11) is -3.34. The van der Waals surface area contributed by atoms with Crippen molar-refractivity contribution in [1.82, 2.24) is 0 Å². The maximum absolute atomic E-state index is 11.7. The van der Waals surface area contributed by atoms with Gasteiger partial charge in [-0.2, -0.15) is 0 Å². The van der Waals surface area contributed by atoms with Crippen LogP contribution in [0, 0.1) is 0 Å². The molecule has 1 N–H and O–H groups in total. The number of hydrogen-bond acceptors (Lipinski definition) is 2. The van der Waals surface area contributed by atoms with E-state index in [4.69, 9.17) is 4.52 Å². The topological polar surface area (TPSA) is 46.5 Å². The molecule has 0 aromatic carbocycles. The Bertz CT molecular complexity index is 318. The van der Waals surface area contributed by atoms with Crippen LogP contribution in [0.3, 0.4) is 0 Å². The van der Waals surface area contributed by atoms with E-state index in [9.17, 15) is 9.46 Å². The van der Waals surface area contributed by atoms with Gasteiger partial charge in [-0.1, -0.05) is 103 Å². The number of unbranched alkanes of at least 4 members (excludes halogenated alkanes) is 15. The normalized spacial score (nSPS) is 14.1. The van der Waals surface area contributed by atoms with Crippen LogP contribution in [0.1, 0.15) is 124 Å². The van der Waals surface area contributed by atoms with Gasteiger partial charge in [0.15, 0.2) is 0 Å². The molecule has 3 nitrogen and oxygen atoms in total.